The van der Waals surface area contributed by atoms with Gasteiger partial charge < -0.3 is 20.3 Å². The highest BCUT2D eigenvalue weighted by Crippen LogP contribution is 2.20. The van der Waals surface area contributed by atoms with Gasteiger partial charge in [-0.25, -0.2) is 9.18 Å². The summed E-state index contributed by atoms with van der Waals surface area (Å²) in [5.74, 6) is 0.0364. The van der Waals surface area contributed by atoms with Crippen molar-refractivity contribution in [3.8, 4) is 6.07 Å². The second kappa shape index (κ2) is 10.9. The Morgan fingerprint density at radius 2 is 2.03 bits per heavy atom. The molecular formula is C20H26FN7O2. The third-order valence-corrected chi connectivity index (χ3v) is 4.10. The molecule has 0 saturated heterocycles. The largest absolute Gasteiger partial charge is 0.467 e. The van der Waals surface area contributed by atoms with E-state index in [1.807, 2.05) is 13.8 Å². The summed E-state index contributed by atoms with van der Waals surface area (Å²) in [6.07, 6.45) is 0.806. The summed E-state index contributed by atoms with van der Waals surface area (Å²) in [5.41, 5.74) is 0.462. The third-order valence-electron chi connectivity index (χ3n) is 4.10. The number of aromatic nitrogens is 3. The molecule has 2 rings (SSSR count). The minimum absolute atomic E-state index is 0.166. The maximum absolute atomic E-state index is 13.5. The van der Waals surface area contributed by atoms with Gasteiger partial charge >= 0.3 is 5.97 Å². The van der Waals surface area contributed by atoms with Gasteiger partial charge in [-0.1, -0.05) is 19.9 Å². The van der Waals surface area contributed by atoms with E-state index >= 15 is 0 Å². The maximum Gasteiger partial charge on any atom is 0.328 e. The highest BCUT2D eigenvalue weighted by molar-refractivity contribution is 5.78. The van der Waals surface area contributed by atoms with Gasteiger partial charge in [-0.2, -0.15) is 20.2 Å². The monoisotopic (exact) mass is 415 g/mol. The van der Waals surface area contributed by atoms with Gasteiger partial charge in [0.15, 0.2) is 0 Å². The predicted octanol–water partition coefficient (Wildman–Crippen LogP) is 3.10. The van der Waals surface area contributed by atoms with E-state index in [-0.39, 0.29) is 24.2 Å². The Morgan fingerprint density at radius 1 is 1.30 bits per heavy atom. The van der Waals surface area contributed by atoms with Crippen LogP contribution in [0.4, 0.5) is 27.9 Å². The number of nitrogens with one attached hydrogen (secondary N) is 2. The van der Waals surface area contributed by atoms with Gasteiger partial charge in [0.25, 0.3) is 0 Å². The fourth-order valence-electron chi connectivity index (χ4n) is 2.65. The number of ether oxygens (including phenoxy) is 1. The van der Waals surface area contributed by atoms with Crippen LogP contribution >= 0.6 is 0 Å². The van der Waals surface area contributed by atoms with Gasteiger partial charge in [-0.15, -0.1) is 0 Å². The van der Waals surface area contributed by atoms with Crippen molar-refractivity contribution in [3.05, 3.63) is 30.1 Å². The molecule has 0 saturated carbocycles. The predicted molar refractivity (Wildman–Crippen MR) is 112 cm³/mol. The summed E-state index contributed by atoms with van der Waals surface area (Å²) in [6.45, 7) is 4.39. The molecule has 0 amide bonds. The molecular weight excluding hydrogens is 389 g/mol. The van der Waals surface area contributed by atoms with Gasteiger partial charge in [-0.05, 0) is 30.5 Å². The average Bonchev–Trinajstić information content (AvgIpc) is 2.70. The first kappa shape index (κ1) is 22.8. The average molecular weight is 415 g/mol. The van der Waals surface area contributed by atoms with Crippen molar-refractivity contribution in [3.63, 3.8) is 0 Å². The van der Waals surface area contributed by atoms with Crippen LogP contribution in [0.3, 0.4) is 0 Å². The van der Waals surface area contributed by atoms with Gasteiger partial charge in [-0.3, -0.25) is 0 Å². The first-order valence-electron chi connectivity index (χ1n) is 9.53. The number of hydrogen-bond acceptors (Lipinski definition) is 9. The molecule has 160 valence electrons. The number of rotatable bonds is 10. The Hall–Kier alpha value is -3.48. The van der Waals surface area contributed by atoms with Gasteiger partial charge in [0.2, 0.25) is 17.8 Å². The number of carbonyl (C=O) groups excluding carboxylic acids is 1. The van der Waals surface area contributed by atoms with Crippen LogP contribution in [0.2, 0.25) is 0 Å². The van der Waals surface area contributed by atoms with Crippen LogP contribution in [0.1, 0.15) is 26.7 Å². The first-order valence-corrected chi connectivity index (χ1v) is 9.53. The van der Waals surface area contributed by atoms with E-state index in [0.29, 0.717) is 24.6 Å². The number of anilines is 4. The molecule has 2 aromatic rings. The van der Waals surface area contributed by atoms with E-state index in [0.717, 1.165) is 0 Å². The van der Waals surface area contributed by atoms with Gasteiger partial charge in [0.1, 0.15) is 11.9 Å². The van der Waals surface area contributed by atoms with Crippen molar-refractivity contribution in [2.75, 3.05) is 36.2 Å². The lowest BCUT2D eigenvalue weighted by atomic mass is 10.0. The Labute approximate surface area is 175 Å². The van der Waals surface area contributed by atoms with Crippen LogP contribution < -0.4 is 15.5 Å². The van der Waals surface area contributed by atoms with E-state index in [2.05, 4.69) is 31.7 Å². The number of benzene rings is 1. The fraction of sp³-hybridized carbons (Fsp3) is 0.450. The van der Waals surface area contributed by atoms with Crippen molar-refractivity contribution >= 4 is 29.5 Å². The molecule has 1 aromatic heterocycles. The lowest BCUT2D eigenvalue weighted by molar-refractivity contribution is -0.141. The van der Waals surface area contributed by atoms with E-state index in [1.165, 1.54) is 19.2 Å². The Kier molecular flexibility index (Phi) is 8.29. The summed E-state index contributed by atoms with van der Waals surface area (Å²) >= 11 is 0. The second-order valence-electron chi connectivity index (χ2n) is 7.10. The van der Waals surface area contributed by atoms with Crippen molar-refractivity contribution < 1.29 is 13.9 Å². The topological polar surface area (TPSA) is 116 Å². The lowest BCUT2D eigenvalue weighted by Gasteiger charge is -2.21. The minimum Gasteiger partial charge on any atom is -0.467 e. The molecule has 0 aliphatic rings. The normalized spacial score (nSPS) is 11.5. The molecule has 10 heteroatoms. The number of methoxy groups -OCH3 is 1. The van der Waals surface area contributed by atoms with Crippen molar-refractivity contribution in [1.82, 2.24) is 15.0 Å². The van der Waals surface area contributed by atoms with Crippen LogP contribution in [-0.4, -0.2) is 47.7 Å². The lowest BCUT2D eigenvalue weighted by Crippen LogP contribution is -2.33. The molecule has 1 heterocycles. The molecule has 0 spiro atoms. The SMILES string of the molecule is COC(=O)[C@H](CC(C)C)Nc1nc(Nc2cccc(F)c2)nc(N(C)CCC#N)n1. The number of nitrogens with zero attached hydrogens (tertiary/aromatic N) is 5. The summed E-state index contributed by atoms with van der Waals surface area (Å²) in [6, 6.07) is 7.31. The Bertz CT molecular complexity index is 901. The van der Waals surface area contributed by atoms with E-state index in [4.69, 9.17) is 10.00 Å². The second-order valence-corrected chi connectivity index (χ2v) is 7.10. The molecule has 1 atom stereocenters. The van der Waals surface area contributed by atoms with Crippen LogP contribution in [0, 0.1) is 23.1 Å². The molecule has 0 unspecified atom stereocenters. The van der Waals surface area contributed by atoms with Crippen LogP contribution in [0.15, 0.2) is 24.3 Å². The number of hydrogen-bond donors (Lipinski definition) is 2. The Morgan fingerprint density at radius 3 is 2.67 bits per heavy atom. The molecule has 0 aliphatic heterocycles. The zero-order valence-corrected chi connectivity index (χ0v) is 17.5. The molecule has 0 fully saturated rings. The van der Waals surface area contributed by atoms with Gasteiger partial charge in [0.05, 0.1) is 19.6 Å². The fourth-order valence-corrected chi connectivity index (χ4v) is 2.65. The molecule has 0 radical (unpaired) electrons. The summed E-state index contributed by atoms with van der Waals surface area (Å²) in [7, 11) is 3.07. The van der Waals surface area contributed by atoms with Gasteiger partial charge in [0, 0.05) is 19.3 Å². The van der Waals surface area contributed by atoms with Crippen molar-refractivity contribution in [2.24, 2.45) is 5.92 Å². The highest BCUT2D eigenvalue weighted by Gasteiger charge is 2.22. The Balaban J connectivity index is 2.36. The zero-order chi connectivity index (χ0) is 22.1. The smallest absolute Gasteiger partial charge is 0.328 e. The molecule has 0 aliphatic carbocycles. The highest BCUT2D eigenvalue weighted by atomic mass is 19.1. The van der Waals surface area contributed by atoms with Crippen molar-refractivity contribution in [2.45, 2.75) is 32.7 Å². The summed E-state index contributed by atoms with van der Waals surface area (Å²) < 4.78 is 18.4. The van der Waals surface area contributed by atoms with E-state index < -0.39 is 17.8 Å². The third kappa shape index (κ3) is 6.84. The van der Waals surface area contributed by atoms with E-state index in [9.17, 15) is 9.18 Å². The number of nitriles is 1. The number of carbonyl (C=O) groups is 1. The molecule has 1 aromatic carbocycles. The number of halogens is 1. The molecule has 30 heavy (non-hydrogen) atoms. The molecule has 9 nitrogen and oxygen atoms in total. The van der Waals surface area contributed by atoms with Crippen LogP contribution in [0.5, 0.6) is 0 Å². The number of esters is 1. The van der Waals surface area contributed by atoms with Crippen LogP contribution in [0.25, 0.3) is 0 Å². The molecule has 0 bridgehead atoms. The van der Waals surface area contributed by atoms with E-state index in [1.54, 1.807) is 24.1 Å². The maximum atomic E-state index is 13.5. The quantitative estimate of drug-likeness (QED) is 0.565. The molecule has 2 N–H and O–H groups in total. The standard InChI is InChI=1S/C20H26FN7O2/c1-13(2)11-16(17(29)30-4)24-19-25-18(23-15-8-5-7-14(21)12-15)26-20(27-19)28(3)10-6-9-22/h5,7-8,12-13,16H,6,10-11H2,1-4H3,(H2,23,24,25,26,27)/t16-/m0/s1. The zero-order valence-electron chi connectivity index (χ0n) is 17.5. The van der Waals surface area contributed by atoms with Crippen LogP contribution in [-0.2, 0) is 9.53 Å². The summed E-state index contributed by atoms with van der Waals surface area (Å²) in [5, 5.41) is 14.8. The minimum atomic E-state index is -0.642. The summed E-state index contributed by atoms with van der Waals surface area (Å²) in [4.78, 5) is 26.9. The first-order chi connectivity index (χ1) is 14.3. The van der Waals surface area contributed by atoms with Crippen molar-refractivity contribution in [1.29, 1.82) is 5.26 Å².